The molecule has 23 heavy (non-hydrogen) atoms. The second kappa shape index (κ2) is 6.53. The van der Waals surface area contributed by atoms with Gasteiger partial charge in [-0.2, -0.15) is 0 Å². The lowest BCUT2D eigenvalue weighted by atomic mass is 9.96. The van der Waals surface area contributed by atoms with Gasteiger partial charge in [0.05, 0.1) is 21.5 Å². The number of nitro groups is 1. The van der Waals surface area contributed by atoms with Gasteiger partial charge in [0.25, 0.3) is 5.69 Å². The summed E-state index contributed by atoms with van der Waals surface area (Å²) in [4.78, 5) is 23.3. The number of hydrogen-bond donors (Lipinski definition) is 1. The molecule has 1 N–H and O–H groups in total. The van der Waals surface area contributed by atoms with E-state index in [1.807, 2.05) is 0 Å². The number of hydrogen-bond acceptors (Lipinski definition) is 6. The summed E-state index contributed by atoms with van der Waals surface area (Å²) in [6.07, 6.45) is 0.809. The van der Waals surface area contributed by atoms with Crippen LogP contribution in [0.1, 0.15) is 19.8 Å². The molecule has 0 bridgehead atoms. The van der Waals surface area contributed by atoms with Crippen LogP contribution in [0.3, 0.4) is 0 Å². The molecule has 0 atom stereocenters. The highest BCUT2D eigenvalue weighted by Gasteiger charge is 2.29. The number of rotatable bonds is 5. The Kier molecular flexibility index (Phi) is 4.88. The van der Waals surface area contributed by atoms with E-state index in [1.165, 1.54) is 19.1 Å². The molecule has 1 saturated heterocycles. The van der Waals surface area contributed by atoms with Crippen molar-refractivity contribution in [1.82, 2.24) is 0 Å². The number of carboxylic acid groups (broad SMARTS) is 1. The van der Waals surface area contributed by atoms with Crippen molar-refractivity contribution in [3.8, 4) is 0 Å². The Hall–Kier alpha value is -2.16. The van der Waals surface area contributed by atoms with Gasteiger partial charge in [0.15, 0.2) is 9.84 Å². The predicted molar refractivity (Wildman–Crippen MR) is 83.4 cm³/mol. The zero-order chi connectivity index (χ0) is 17.2. The normalized spacial score (nSPS) is 16.3. The molecule has 126 valence electrons. The number of sulfone groups is 1. The van der Waals surface area contributed by atoms with E-state index in [4.69, 9.17) is 5.11 Å². The van der Waals surface area contributed by atoms with E-state index in [0.29, 0.717) is 31.6 Å². The third-order valence-electron chi connectivity index (χ3n) is 4.07. The number of aliphatic carboxylic acids is 1. The van der Waals surface area contributed by atoms with Crippen molar-refractivity contribution in [3.05, 3.63) is 28.3 Å². The van der Waals surface area contributed by atoms with E-state index < -0.39 is 26.6 Å². The largest absolute Gasteiger partial charge is 0.481 e. The van der Waals surface area contributed by atoms with Crippen LogP contribution in [0.5, 0.6) is 0 Å². The van der Waals surface area contributed by atoms with Gasteiger partial charge in [-0.25, -0.2) is 8.42 Å². The van der Waals surface area contributed by atoms with Gasteiger partial charge < -0.3 is 10.0 Å². The molecule has 0 aromatic heterocycles. The minimum absolute atomic E-state index is 0.0733. The summed E-state index contributed by atoms with van der Waals surface area (Å²) in [5.74, 6) is -1.43. The van der Waals surface area contributed by atoms with E-state index in [2.05, 4.69) is 0 Å². The summed E-state index contributed by atoms with van der Waals surface area (Å²) in [6, 6.07) is 3.88. The molecule has 0 amide bonds. The SMILES string of the molecule is CCS(=O)(=O)c1ccc(N2CCC(C(=O)O)CC2)c([N+](=O)[O-])c1. The number of nitro benzene ring substituents is 1. The Bertz CT molecular complexity index is 723. The molecule has 1 heterocycles. The Morgan fingerprint density at radius 1 is 1.39 bits per heavy atom. The molecule has 0 saturated carbocycles. The number of piperidine rings is 1. The van der Waals surface area contributed by atoms with Gasteiger partial charge in [-0.15, -0.1) is 0 Å². The fourth-order valence-corrected chi connectivity index (χ4v) is 3.54. The Morgan fingerprint density at radius 3 is 2.48 bits per heavy atom. The van der Waals surface area contributed by atoms with Crippen LogP contribution in [-0.2, 0) is 14.6 Å². The maximum atomic E-state index is 11.9. The summed E-state index contributed by atoms with van der Waals surface area (Å²) in [6.45, 7) is 2.25. The van der Waals surface area contributed by atoms with Gasteiger partial charge in [-0.1, -0.05) is 6.92 Å². The van der Waals surface area contributed by atoms with Crippen LogP contribution in [-0.4, -0.2) is 43.3 Å². The third-order valence-corrected chi connectivity index (χ3v) is 5.80. The summed E-state index contributed by atoms with van der Waals surface area (Å²) in [5.41, 5.74) is 0.0576. The van der Waals surface area contributed by atoms with Crippen LogP contribution in [0, 0.1) is 16.0 Å². The monoisotopic (exact) mass is 342 g/mol. The van der Waals surface area contributed by atoms with Gasteiger partial charge in [0.1, 0.15) is 5.69 Å². The standard InChI is InChI=1S/C14H18N2O6S/c1-2-23(21,22)11-3-4-12(13(9-11)16(19)20)15-7-5-10(6-8-15)14(17)18/h3-4,9-10H,2,5-8H2,1H3,(H,17,18). The van der Waals surface area contributed by atoms with E-state index >= 15 is 0 Å². The quantitative estimate of drug-likeness (QED) is 0.639. The molecule has 9 heteroatoms. The summed E-state index contributed by atoms with van der Waals surface area (Å²) in [7, 11) is -3.52. The van der Waals surface area contributed by atoms with Crippen molar-refractivity contribution < 1.29 is 23.2 Å². The number of carboxylic acids is 1. The highest BCUT2D eigenvalue weighted by Crippen LogP contribution is 2.33. The van der Waals surface area contributed by atoms with E-state index in [-0.39, 0.29) is 16.3 Å². The summed E-state index contributed by atoms with van der Waals surface area (Å²) < 4.78 is 23.8. The van der Waals surface area contributed by atoms with Crippen molar-refractivity contribution in [2.24, 2.45) is 5.92 Å². The van der Waals surface area contributed by atoms with Gasteiger partial charge in [-0.05, 0) is 25.0 Å². The highest BCUT2D eigenvalue weighted by atomic mass is 32.2. The van der Waals surface area contributed by atoms with Crippen molar-refractivity contribution >= 4 is 27.2 Å². The maximum Gasteiger partial charge on any atom is 0.306 e. The first-order valence-electron chi connectivity index (χ1n) is 7.25. The lowest BCUT2D eigenvalue weighted by molar-refractivity contribution is -0.384. The third kappa shape index (κ3) is 3.61. The smallest absolute Gasteiger partial charge is 0.306 e. The fraction of sp³-hybridized carbons (Fsp3) is 0.500. The number of carbonyl (C=O) groups is 1. The Morgan fingerprint density at radius 2 is 2.00 bits per heavy atom. The number of anilines is 1. The van der Waals surface area contributed by atoms with Gasteiger partial charge in [-0.3, -0.25) is 14.9 Å². The van der Waals surface area contributed by atoms with Gasteiger partial charge >= 0.3 is 5.97 Å². The van der Waals surface area contributed by atoms with Gasteiger partial charge in [0.2, 0.25) is 0 Å². The van der Waals surface area contributed by atoms with E-state index in [1.54, 1.807) is 4.90 Å². The molecular formula is C14H18N2O6S. The van der Waals surface area contributed by atoms with E-state index in [9.17, 15) is 23.3 Å². The van der Waals surface area contributed by atoms with Crippen LogP contribution in [0.2, 0.25) is 0 Å². The first-order chi connectivity index (χ1) is 10.8. The summed E-state index contributed by atoms with van der Waals surface area (Å²) >= 11 is 0. The fourth-order valence-electron chi connectivity index (χ4n) is 2.64. The minimum atomic E-state index is -3.52. The molecule has 0 radical (unpaired) electrons. The molecule has 0 aliphatic carbocycles. The van der Waals surface area contributed by atoms with E-state index in [0.717, 1.165) is 6.07 Å². The van der Waals surface area contributed by atoms with Crippen LogP contribution in [0.25, 0.3) is 0 Å². The zero-order valence-corrected chi connectivity index (χ0v) is 13.5. The highest BCUT2D eigenvalue weighted by molar-refractivity contribution is 7.91. The van der Waals surface area contributed by atoms with Crippen molar-refractivity contribution in [2.45, 2.75) is 24.7 Å². The lowest BCUT2D eigenvalue weighted by Crippen LogP contribution is -2.36. The summed E-state index contributed by atoms with van der Waals surface area (Å²) in [5, 5.41) is 20.3. The van der Waals surface area contributed by atoms with Crippen molar-refractivity contribution in [2.75, 3.05) is 23.7 Å². The molecule has 0 spiro atoms. The molecule has 1 aromatic carbocycles. The van der Waals surface area contributed by atoms with Crippen LogP contribution >= 0.6 is 0 Å². The van der Waals surface area contributed by atoms with Gasteiger partial charge in [0, 0.05) is 19.2 Å². The average molecular weight is 342 g/mol. The maximum absolute atomic E-state index is 11.9. The zero-order valence-electron chi connectivity index (χ0n) is 12.6. The molecular weight excluding hydrogens is 324 g/mol. The average Bonchev–Trinajstić information content (AvgIpc) is 2.54. The first-order valence-corrected chi connectivity index (χ1v) is 8.90. The molecule has 8 nitrogen and oxygen atoms in total. The topological polar surface area (TPSA) is 118 Å². The minimum Gasteiger partial charge on any atom is -0.481 e. The second-order valence-electron chi connectivity index (χ2n) is 5.41. The molecule has 2 rings (SSSR count). The van der Waals surface area contributed by atoms with Crippen molar-refractivity contribution in [1.29, 1.82) is 0 Å². The first kappa shape index (κ1) is 17.2. The molecule has 1 fully saturated rings. The Labute approximate surface area is 133 Å². The van der Waals surface area contributed by atoms with Crippen molar-refractivity contribution in [3.63, 3.8) is 0 Å². The second-order valence-corrected chi connectivity index (χ2v) is 7.69. The number of benzene rings is 1. The van der Waals surface area contributed by atoms with Crippen LogP contribution in [0.15, 0.2) is 23.1 Å². The number of nitrogens with zero attached hydrogens (tertiary/aromatic N) is 2. The van der Waals surface area contributed by atoms with Crippen LogP contribution < -0.4 is 4.90 Å². The van der Waals surface area contributed by atoms with Crippen LogP contribution in [0.4, 0.5) is 11.4 Å². The molecule has 1 aliphatic rings. The molecule has 1 aliphatic heterocycles. The molecule has 0 unspecified atom stereocenters. The molecule has 1 aromatic rings. The lowest BCUT2D eigenvalue weighted by Gasteiger charge is -2.31. The Balaban J connectivity index is 2.33. The predicted octanol–water partition coefficient (Wildman–Crippen LogP) is 1.69.